The number of amidine groups is 1. The molecule has 4 atom stereocenters. The van der Waals surface area contributed by atoms with Gasteiger partial charge in [0.2, 0.25) is 0 Å². The quantitative estimate of drug-likeness (QED) is 0.805. The van der Waals surface area contributed by atoms with E-state index in [9.17, 15) is 0 Å². The molecule has 2 heterocycles. The van der Waals surface area contributed by atoms with Gasteiger partial charge in [-0.2, -0.15) is 0 Å². The standard InChI is InChI=1S/C12H22N2OS/c1-8-7-16-12(13-9(8)2)14-10(3)11-4-5-15-6-11/h8-11H,4-7H2,1-3H3,(H,13,14). The van der Waals surface area contributed by atoms with Crippen molar-refractivity contribution in [3.8, 4) is 0 Å². The molecule has 0 spiro atoms. The van der Waals surface area contributed by atoms with E-state index in [1.807, 2.05) is 11.8 Å². The van der Waals surface area contributed by atoms with Crippen LogP contribution in [0.1, 0.15) is 27.2 Å². The molecule has 0 amide bonds. The molecule has 0 aromatic rings. The number of thioether (sulfide) groups is 1. The van der Waals surface area contributed by atoms with Crippen LogP contribution in [0.3, 0.4) is 0 Å². The maximum absolute atomic E-state index is 5.42. The predicted octanol–water partition coefficient (Wildman–Crippen LogP) is 2.13. The summed E-state index contributed by atoms with van der Waals surface area (Å²) < 4.78 is 5.42. The highest BCUT2D eigenvalue weighted by atomic mass is 32.2. The minimum Gasteiger partial charge on any atom is -0.381 e. The SMILES string of the molecule is CC1CSC(NC(C)C2CCOC2)=NC1C. The van der Waals surface area contributed by atoms with Crippen LogP contribution in [-0.2, 0) is 4.74 Å². The summed E-state index contributed by atoms with van der Waals surface area (Å²) in [6.07, 6.45) is 1.18. The molecular formula is C12H22N2OS. The van der Waals surface area contributed by atoms with Crippen molar-refractivity contribution in [2.45, 2.75) is 39.3 Å². The lowest BCUT2D eigenvalue weighted by molar-refractivity contribution is 0.180. The Hall–Kier alpha value is -0.220. The van der Waals surface area contributed by atoms with Gasteiger partial charge < -0.3 is 10.1 Å². The van der Waals surface area contributed by atoms with Gasteiger partial charge >= 0.3 is 0 Å². The average molecular weight is 242 g/mol. The second-order valence-corrected chi connectivity index (χ2v) is 6.03. The number of nitrogens with zero attached hydrogens (tertiary/aromatic N) is 1. The molecule has 1 fully saturated rings. The number of aliphatic imine (C=N–C) groups is 1. The number of nitrogens with one attached hydrogen (secondary N) is 1. The Morgan fingerprint density at radius 1 is 1.50 bits per heavy atom. The van der Waals surface area contributed by atoms with Crippen LogP contribution in [0, 0.1) is 11.8 Å². The Morgan fingerprint density at radius 3 is 2.94 bits per heavy atom. The molecule has 4 heteroatoms. The zero-order chi connectivity index (χ0) is 11.5. The summed E-state index contributed by atoms with van der Waals surface area (Å²) in [7, 11) is 0. The third kappa shape index (κ3) is 2.92. The van der Waals surface area contributed by atoms with Gasteiger partial charge in [0.1, 0.15) is 0 Å². The Labute approximate surface area is 102 Å². The summed E-state index contributed by atoms with van der Waals surface area (Å²) in [4.78, 5) is 4.70. The highest BCUT2D eigenvalue weighted by Gasteiger charge is 2.25. The van der Waals surface area contributed by atoms with Crippen molar-refractivity contribution in [2.75, 3.05) is 19.0 Å². The fraction of sp³-hybridized carbons (Fsp3) is 0.917. The van der Waals surface area contributed by atoms with E-state index in [1.165, 1.54) is 12.2 Å². The minimum absolute atomic E-state index is 0.454. The first-order valence-electron chi connectivity index (χ1n) is 6.21. The van der Waals surface area contributed by atoms with E-state index in [0.29, 0.717) is 23.9 Å². The van der Waals surface area contributed by atoms with E-state index in [4.69, 9.17) is 9.73 Å². The van der Waals surface area contributed by atoms with E-state index in [1.54, 1.807) is 0 Å². The summed E-state index contributed by atoms with van der Waals surface area (Å²) in [6, 6.07) is 0.935. The highest BCUT2D eigenvalue weighted by Crippen LogP contribution is 2.23. The smallest absolute Gasteiger partial charge is 0.157 e. The molecule has 1 saturated heterocycles. The summed E-state index contributed by atoms with van der Waals surface area (Å²) in [5.74, 6) is 2.53. The van der Waals surface area contributed by atoms with Gasteiger partial charge in [-0.1, -0.05) is 18.7 Å². The van der Waals surface area contributed by atoms with E-state index >= 15 is 0 Å². The third-order valence-corrected chi connectivity index (χ3v) is 4.84. The molecule has 0 bridgehead atoms. The first-order valence-corrected chi connectivity index (χ1v) is 7.20. The predicted molar refractivity (Wildman–Crippen MR) is 70.0 cm³/mol. The molecule has 0 aromatic carbocycles. The first kappa shape index (κ1) is 12.2. The molecule has 2 aliphatic rings. The van der Waals surface area contributed by atoms with Crippen molar-refractivity contribution in [1.29, 1.82) is 0 Å². The van der Waals surface area contributed by atoms with Crippen LogP contribution in [0.4, 0.5) is 0 Å². The Kier molecular flexibility index (Phi) is 4.14. The average Bonchev–Trinajstić information content (AvgIpc) is 2.77. The van der Waals surface area contributed by atoms with Gasteiger partial charge in [0, 0.05) is 24.3 Å². The zero-order valence-electron chi connectivity index (χ0n) is 10.4. The molecule has 2 aliphatic heterocycles. The van der Waals surface area contributed by atoms with E-state index < -0.39 is 0 Å². The first-order chi connectivity index (χ1) is 7.66. The molecule has 2 rings (SSSR count). The molecule has 0 radical (unpaired) electrons. The van der Waals surface area contributed by atoms with Gasteiger partial charge in [0.25, 0.3) is 0 Å². The highest BCUT2D eigenvalue weighted by molar-refractivity contribution is 8.13. The van der Waals surface area contributed by atoms with Gasteiger partial charge in [-0.05, 0) is 26.2 Å². The van der Waals surface area contributed by atoms with Crippen LogP contribution in [0.5, 0.6) is 0 Å². The Balaban J connectivity index is 1.86. The fourth-order valence-electron chi connectivity index (χ4n) is 2.04. The largest absolute Gasteiger partial charge is 0.381 e. The topological polar surface area (TPSA) is 33.6 Å². The van der Waals surface area contributed by atoms with Gasteiger partial charge in [-0.25, -0.2) is 0 Å². The van der Waals surface area contributed by atoms with Crippen molar-refractivity contribution in [3.05, 3.63) is 0 Å². The zero-order valence-corrected chi connectivity index (χ0v) is 11.2. The van der Waals surface area contributed by atoms with Crippen LogP contribution in [0.2, 0.25) is 0 Å². The maximum Gasteiger partial charge on any atom is 0.157 e. The summed E-state index contributed by atoms with van der Waals surface area (Å²) >= 11 is 1.86. The third-order valence-electron chi connectivity index (χ3n) is 3.65. The van der Waals surface area contributed by atoms with Gasteiger partial charge in [-0.3, -0.25) is 4.99 Å². The van der Waals surface area contributed by atoms with Crippen molar-refractivity contribution in [3.63, 3.8) is 0 Å². The Morgan fingerprint density at radius 2 is 2.31 bits per heavy atom. The van der Waals surface area contributed by atoms with Crippen LogP contribution >= 0.6 is 11.8 Å². The van der Waals surface area contributed by atoms with Gasteiger partial charge in [0.05, 0.1) is 12.6 Å². The van der Waals surface area contributed by atoms with Gasteiger partial charge in [0.15, 0.2) is 5.17 Å². The lowest BCUT2D eigenvalue weighted by Crippen LogP contribution is -2.39. The molecular weight excluding hydrogens is 220 g/mol. The molecule has 92 valence electrons. The van der Waals surface area contributed by atoms with Crippen LogP contribution in [0.15, 0.2) is 4.99 Å². The molecule has 3 nitrogen and oxygen atoms in total. The lowest BCUT2D eigenvalue weighted by atomic mass is 10.0. The molecule has 0 aliphatic carbocycles. The number of rotatable bonds is 2. The normalized spacial score (nSPS) is 36.9. The number of hydrogen-bond acceptors (Lipinski definition) is 4. The van der Waals surface area contributed by atoms with Crippen molar-refractivity contribution < 1.29 is 4.74 Å². The molecule has 0 aromatic heterocycles. The molecule has 0 saturated carbocycles. The van der Waals surface area contributed by atoms with Crippen LogP contribution in [0.25, 0.3) is 0 Å². The van der Waals surface area contributed by atoms with E-state index in [2.05, 4.69) is 26.1 Å². The van der Waals surface area contributed by atoms with Crippen molar-refractivity contribution in [2.24, 2.45) is 16.8 Å². The number of hydrogen-bond donors (Lipinski definition) is 1. The Bertz CT molecular complexity index is 264. The van der Waals surface area contributed by atoms with Gasteiger partial charge in [-0.15, -0.1) is 0 Å². The van der Waals surface area contributed by atoms with E-state index in [-0.39, 0.29) is 0 Å². The molecule has 16 heavy (non-hydrogen) atoms. The van der Waals surface area contributed by atoms with E-state index in [0.717, 1.165) is 18.4 Å². The van der Waals surface area contributed by atoms with Crippen molar-refractivity contribution in [1.82, 2.24) is 5.32 Å². The number of ether oxygens (including phenoxy) is 1. The minimum atomic E-state index is 0.454. The summed E-state index contributed by atoms with van der Waals surface area (Å²) in [6.45, 7) is 8.54. The summed E-state index contributed by atoms with van der Waals surface area (Å²) in [5, 5.41) is 4.67. The van der Waals surface area contributed by atoms with Crippen LogP contribution in [-0.4, -0.2) is 36.2 Å². The second-order valence-electron chi connectivity index (χ2n) is 5.02. The lowest BCUT2D eigenvalue weighted by Gasteiger charge is -2.27. The maximum atomic E-state index is 5.42. The molecule has 1 N–H and O–H groups in total. The fourth-order valence-corrected chi connectivity index (χ4v) is 3.25. The van der Waals surface area contributed by atoms with Crippen molar-refractivity contribution >= 4 is 16.9 Å². The summed E-state index contributed by atoms with van der Waals surface area (Å²) in [5.41, 5.74) is 0. The second kappa shape index (κ2) is 5.41. The molecule has 4 unspecified atom stereocenters. The monoisotopic (exact) mass is 242 g/mol. The van der Waals surface area contributed by atoms with Crippen LogP contribution < -0.4 is 5.32 Å².